The lowest BCUT2D eigenvalue weighted by molar-refractivity contribution is -0.120. The zero-order chi connectivity index (χ0) is 18.9. The van der Waals surface area contributed by atoms with Crippen molar-refractivity contribution in [3.8, 4) is 0 Å². The summed E-state index contributed by atoms with van der Waals surface area (Å²) in [4.78, 5) is 18.7. The fraction of sp³-hybridized carbons (Fsp3) is 0.526. The molecular weight excluding hydrogens is 351 g/mol. The van der Waals surface area contributed by atoms with Crippen LogP contribution in [0.25, 0.3) is 0 Å². The molecule has 142 valence electrons. The summed E-state index contributed by atoms with van der Waals surface area (Å²) in [6.45, 7) is 7.61. The van der Waals surface area contributed by atoms with Gasteiger partial charge in [-0.15, -0.1) is 0 Å². The summed E-state index contributed by atoms with van der Waals surface area (Å²) in [5, 5.41) is 3.76. The summed E-state index contributed by atoms with van der Waals surface area (Å²) >= 11 is 1.34. The van der Waals surface area contributed by atoms with Crippen molar-refractivity contribution in [3.63, 3.8) is 0 Å². The highest BCUT2D eigenvalue weighted by Crippen LogP contribution is 2.21. The van der Waals surface area contributed by atoms with Crippen molar-refractivity contribution in [1.82, 2.24) is 14.7 Å². The third-order valence-electron chi connectivity index (χ3n) is 4.03. The average Bonchev–Trinajstić information content (AvgIpc) is 3.05. The van der Waals surface area contributed by atoms with Gasteiger partial charge in [0.15, 0.2) is 0 Å². The van der Waals surface area contributed by atoms with E-state index < -0.39 is 0 Å². The van der Waals surface area contributed by atoms with E-state index in [1.54, 1.807) is 12.1 Å². The molecule has 1 aromatic carbocycles. The Morgan fingerprint density at radius 1 is 1.31 bits per heavy atom. The van der Waals surface area contributed by atoms with Gasteiger partial charge in [0.05, 0.1) is 0 Å². The molecular formula is C19H27FN4OS. The first kappa shape index (κ1) is 20.3. The third-order valence-corrected chi connectivity index (χ3v) is 4.83. The molecule has 26 heavy (non-hydrogen) atoms. The maximum absolute atomic E-state index is 13.0. The Balaban J connectivity index is 1.94. The molecule has 0 radical (unpaired) electrons. The van der Waals surface area contributed by atoms with Crippen LogP contribution in [0.4, 0.5) is 9.52 Å². The topological polar surface area (TPSA) is 58.1 Å². The van der Waals surface area contributed by atoms with Crippen molar-refractivity contribution in [3.05, 3.63) is 41.5 Å². The van der Waals surface area contributed by atoms with Crippen LogP contribution in [0.1, 0.15) is 51.4 Å². The normalized spacial score (nSPS) is 11.0. The first-order valence-electron chi connectivity index (χ1n) is 9.10. The van der Waals surface area contributed by atoms with E-state index in [0.717, 1.165) is 35.9 Å². The summed E-state index contributed by atoms with van der Waals surface area (Å²) in [6.07, 6.45) is 3.08. The van der Waals surface area contributed by atoms with Crippen LogP contribution in [0.2, 0.25) is 0 Å². The van der Waals surface area contributed by atoms with Gasteiger partial charge in [-0.25, -0.2) is 9.37 Å². The molecule has 0 aliphatic carbocycles. The quantitative estimate of drug-likeness (QED) is 0.639. The summed E-state index contributed by atoms with van der Waals surface area (Å²) in [5.41, 5.74) is 0.974. The molecule has 0 spiro atoms. The number of benzene rings is 1. The molecule has 0 unspecified atom stereocenters. The zero-order valence-electron chi connectivity index (χ0n) is 15.7. The van der Waals surface area contributed by atoms with Crippen molar-refractivity contribution in [2.75, 3.05) is 18.0 Å². The molecule has 2 rings (SSSR count). The van der Waals surface area contributed by atoms with Crippen LogP contribution in [-0.2, 0) is 11.2 Å². The molecule has 2 aromatic rings. The Hall–Kier alpha value is -2.02. The average molecular weight is 379 g/mol. The van der Waals surface area contributed by atoms with E-state index in [1.807, 2.05) is 0 Å². The molecule has 0 aliphatic rings. The van der Waals surface area contributed by atoms with E-state index in [2.05, 4.69) is 40.3 Å². The standard InChI is InChI=1S/C19H27FN4OS/c1-4-5-11-21-18(25)10-12-24(14(2)3)19-22-17(23-26-19)13-15-6-8-16(20)9-7-15/h6-9,14H,4-5,10-13H2,1-3H3,(H,21,25). The maximum atomic E-state index is 13.0. The van der Waals surface area contributed by atoms with Crippen molar-refractivity contribution >= 4 is 22.6 Å². The lowest BCUT2D eigenvalue weighted by Crippen LogP contribution is -2.35. The minimum absolute atomic E-state index is 0.0696. The van der Waals surface area contributed by atoms with Gasteiger partial charge >= 0.3 is 0 Å². The van der Waals surface area contributed by atoms with E-state index in [1.165, 1.54) is 23.7 Å². The molecule has 7 heteroatoms. The Morgan fingerprint density at radius 2 is 2.04 bits per heavy atom. The second-order valence-electron chi connectivity index (χ2n) is 6.54. The van der Waals surface area contributed by atoms with E-state index in [0.29, 0.717) is 19.4 Å². The molecule has 1 amide bonds. The molecule has 1 N–H and O–H groups in total. The van der Waals surface area contributed by atoms with Gasteiger partial charge in [0.1, 0.15) is 11.6 Å². The van der Waals surface area contributed by atoms with Crippen molar-refractivity contribution in [1.29, 1.82) is 0 Å². The van der Waals surface area contributed by atoms with Crippen LogP contribution in [0.15, 0.2) is 24.3 Å². The number of hydrogen-bond acceptors (Lipinski definition) is 5. The van der Waals surface area contributed by atoms with E-state index >= 15 is 0 Å². The number of carbonyl (C=O) groups excluding carboxylic acids is 1. The Kier molecular flexibility index (Phi) is 7.97. The predicted molar refractivity (Wildman–Crippen MR) is 104 cm³/mol. The maximum Gasteiger partial charge on any atom is 0.221 e. The van der Waals surface area contributed by atoms with Crippen LogP contribution in [0, 0.1) is 5.82 Å². The number of halogens is 1. The number of unbranched alkanes of at least 4 members (excludes halogenated alkanes) is 1. The fourth-order valence-electron chi connectivity index (χ4n) is 2.51. The number of aromatic nitrogens is 2. The molecule has 0 saturated carbocycles. The van der Waals surface area contributed by atoms with Gasteiger partial charge in [0.2, 0.25) is 11.0 Å². The zero-order valence-corrected chi connectivity index (χ0v) is 16.5. The number of nitrogens with one attached hydrogen (secondary N) is 1. The van der Waals surface area contributed by atoms with Crippen molar-refractivity contribution < 1.29 is 9.18 Å². The second kappa shape index (κ2) is 10.2. The smallest absolute Gasteiger partial charge is 0.221 e. The summed E-state index contributed by atoms with van der Waals surface area (Å²) in [6, 6.07) is 6.61. The van der Waals surface area contributed by atoms with Gasteiger partial charge in [0, 0.05) is 43.5 Å². The Bertz CT molecular complexity index is 687. The second-order valence-corrected chi connectivity index (χ2v) is 7.27. The lowest BCUT2D eigenvalue weighted by atomic mass is 10.1. The molecule has 0 aliphatic heterocycles. The van der Waals surface area contributed by atoms with Crippen LogP contribution in [0.5, 0.6) is 0 Å². The van der Waals surface area contributed by atoms with Gasteiger partial charge in [-0.2, -0.15) is 4.37 Å². The summed E-state index contributed by atoms with van der Waals surface area (Å²) in [5.74, 6) is 0.540. The molecule has 0 saturated heterocycles. The van der Waals surface area contributed by atoms with E-state index in [4.69, 9.17) is 0 Å². The highest BCUT2D eigenvalue weighted by Gasteiger charge is 2.17. The number of carbonyl (C=O) groups is 1. The van der Waals surface area contributed by atoms with Crippen molar-refractivity contribution in [2.24, 2.45) is 0 Å². The van der Waals surface area contributed by atoms with Crippen molar-refractivity contribution in [2.45, 2.75) is 52.5 Å². The molecule has 1 heterocycles. The SMILES string of the molecule is CCCCNC(=O)CCN(c1nc(Cc2ccc(F)cc2)ns1)C(C)C. The molecule has 1 aromatic heterocycles. The van der Waals surface area contributed by atoms with Crippen LogP contribution < -0.4 is 10.2 Å². The first-order valence-corrected chi connectivity index (χ1v) is 9.87. The highest BCUT2D eigenvalue weighted by atomic mass is 32.1. The molecule has 0 bridgehead atoms. The number of rotatable bonds is 10. The number of hydrogen-bond donors (Lipinski definition) is 1. The van der Waals surface area contributed by atoms with Gasteiger partial charge in [-0.1, -0.05) is 25.5 Å². The van der Waals surface area contributed by atoms with Crippen LogP contribution >= 0.6 is 11.5 Å². The highest BCUT2D eigenvalue weighted by molar-refractivity contribution is 7.09. The molecule has 0 atom stereocenters. The van der Waals surface area contributed by atoms with Gasteiger partial charge < -0.3 is 10.2 Å². The van der Waals surface area contributed by atoms with E-state index in [-0.39, 0.29) is 17.8 Å². The number of amides is 1. The molecule has 5 nitrogen and oxygen atoms in total. The summed E-state index contributed by atoms with van der Waals surface area (Å²) in [7, 11) is 0. The monoisotopic (exact) mass is 378 g/mol. The van der Waals surface area contributed by atoms with Gasteiger partial charge in [0.25, 0.3) is 0 Å². The lowest BCUT2D eigenvalue weighted by Gasteiger charge is -2.25. The first-order chi connectivity index (χ1) is 12.5. The molecule has 0 fully saturated rings. The largest absolute Gasteiger partial charge is 0.356 e. The Labute approximate surface area is 158 Å². The van der Waals surface area contributed by atoms with Gasteiger partial charge in [-0.05, 0) is 38.0 Å². The minimum atomic E-state index is -0.246. The third kappa shape index (κ3) is 6.37. The fourth-order valence-corrected chi connectivity index (χ4v) is 3.35. The Morgan fingerprint density at radius 3 is 2.69 bits per heavy atom. The number of anilines is 1. The van der Waals surface area contributed by atoms with Gasteiger partial charge in [-0.3, -0.25) is 4.79 Å². The minimum Gasteiger partial charge on any atom is -0.356 e. The summed E-state index contributed by atoms with van der Waals surface area (Å²) < 4.78 is 17.4. The van der Waals surface area contributed by atoms with E-state index in [9.17, 15) is 9.18 Å². The predicted octanol–water partition coefficient (Wildman–Crippen LogP) is 3.79. The van der Waals surface area contributed by atoms with Crippen LogP contribution in [-0.4, -0.2) is 34.4 Å². The number of nitrogens with zero attached hydrogens (tertiary/aromatic N) is 3. The van der Waals surface area contributed by atoms with Crippen LogP contribution in [0.3, 0.4) is 0 Å².